The average molecular weight is 721 g/mol. The van der Waals surface area contributed by atoms with Gasteiger partial charge in [-0.3, -0.25) is 29.8 Å². The molecular formula is C34H31F3N8O7. The van der Waals surface area contributed by atoms with Gasteiger partial charge in [-0.15, -0.1) is 5.10 Å². The maximum atomic E-state index is 13.4. The number of alkyl halides is 3. The number of amides is 4. The Kier molecular flexibility index (Phi) is 11.1. The fourth-order valence-electron chi connectivity index (χ4n) is 5.54. The van der Waals surface area contributed by atoms with Gasteiger partial charge in [0.15, 0.2) is 5.82 Å². The summed E-state index contributed by atoms with van der Waals surface area (Å²) in [5, 5.41) is 28.3. The number of carboxylic acids is 1. The molecule has 270 valence electrons. The van der Waals surface area contributed by atoms with Gasteiger partial charge in [-0.2, -0.15) is 17.9 Å². The Morgan fingerprint density at radius 3 is 2.50 bits per heavy atom. The number of carboxylic acid groups (broad SMARTS) is 1. The highest BCUT2D eigenvalue weighted by atomic mass is 19.4. The molecule has 0 bridgehead atoms. The molecule has 1 aromatic heterocycles. The molecule has 2 aliphatic rings. The van der Waals surface area contributed by atoms with Crippen LogP contribution in [-0.4, -0.2) is 79.1 Å². The second-order valence-corrected chi connectivity index (χ2v) is 11.5. The Hall–Kier alpha value is -6.43. The van der Waals surface area contributed by atoms with Crippen LogP contribution in [0, 0.1) is 0 Å². The number of nitrogens with zero attached hydrogens (tertiary/aromatic N) is 5. The molecule has 2 atom stereocenters. The number of piperidine rings is 1. The number of methoxy groups -OCH3 is 1. The van der Waals surface area contributed by atoms with Crippen molar-refractivity contribution < 1.29 is 47.0 Å². The first-order valence-corrected chi connectivity index (χ1v) is 15.5. The number of anilines is 1. The molecule has 6 rings (SSSR count). The summed E-state index contributed by atoms with van der Waals surface area (Å²) in [6, 6.07) is 19.1. The number of rotatable bonds is 10. The van der Waals surface area contributed by atoms with Gasteiger partial charge < -0.3 is 20.1 Å². The van der Waals surface area contributed by atoms with Crippen molar-refractivity contribution in [2.24, 2.45) is 0 Å². The largest absolute Gasteiger partial charge is 0.497 e. The molecule has 18 heteroatoms. The number of hydrogen-bond donors (Lipinski definition) is 4. The van der Waals surface area contributed by atoms with Crippen LogP contribution in [0.1, 0.15) is 51.8 Å². The van der Waals surface area contributed by atoms with Crippen molar-refractivity contribution in [3.63, 3.8) is 0 Å². The molecule has 52 heavy (non-hydrogen) atoms. The van der Waals surface area contributed by atoms with Crippen molar-refractivity contribution in [1.29, 1.82) is 0 Å². The highest BCUT2D eigenvalue weighted by molar-refractivity contribution is 6.05. The number of halogens is 3. The van der Waals surface area contributed by atoms with E-state index in [0.717, 1.165) is 16.7 Å². The van der Waals surface area contributed by atoms with Crippen LogP contribution in [0.5, 0.6) is 5.75 Å². The van der Waals surface area contributed by atoms with Gasteiger partial charge in [0.1, 0.15) is 11.8 Å². The minimum absolute atomic E-state index is 0.198. The van der Waals surface area contributed by atoms with E-state index in [-0.39, 0.29) is 24.1 Å². The van der Waals surface area contributed by atoms with Crippen LogP contribution in [0.4, 0.5) is 18.9 Å². The van der Waals surface area contributed by atoms with E-state index in [0.29, 0.717) is 48.0 Å². The minimum Gasteiger partial charge on any atom is -0.497 e. The molecule has 1 fully saturated rings. The van der Waals surface area contributed by atoms with Gasteiger partial charge in [0.05, 0.1) is 18.8 Å². The quantitative estimate of drug-likeness (QED) is 0.139. The zero-order valence-electron chi connectivity index (χ0n) is 27.4. The Bertz CT molecular complexity index is 2020. The number of aliphatic carboxylic acids is 1. The molecule has 4 N–H and O–H groups in total. The summed E-state index contributed by atoms with van der Waals surface area (Å²) in [6.07, 6.45) is -3.38. The first-order chi connectivity index (χ1) is 24.8. The van der Waals surface area contributed by atoms with Gasteiger partial charge in [-0.05, 0) is 69.9 Å². The predicted molar refractivity (Wildman–Crippen MR) is 176 cm³/mol. The van der Waals surface area contributed by atoms with E-state index < -0.39 is 30.1 Å². The van der Waals surface area contributed by atoms with Crippen LogP contribution in [0.25, 0.3) is 5.69 Å². The monoisotopic (exact) mass is 720 g/mol. The zero-order chi connectivity index (χ0) is 37.6. The van der Waals surface area contributed by atoms with Gasteiger partial charge >= 0.3 is 12.1 Å². The number of imide groups is 1. The third kappa shape index (κ3) is 8.47. The maximum absolute atomic E-state index is 13.4. The highest BCUT2D eigenvalue weighted by Gasteiger charge is 2.39. The lowest BCUT2D eigenvalue weighted by Crippen LogP contribution is -2.52. The first kappa shape index (κ1) is 36.8. The van der Waals surface area contributed by atoms with Crippen molar-refractivity contribution in [2.75, 3.05) is 12.4 Å². The molecule has 4 amide bonds. The molecule has 2 unspecified atom stereocenters. The second kappa shape index (κ2) is 15.6. The molecule has 2 aliphatic heterocycles. The molecule has 1 saturated heterocycles. The number of tetrazole rings is 1. The van der Waals surface area contributed by atoms with E-state index in [2.05, 4.69) is 38.1 Å². The molecule has 0 spiro atoms. The summed E-state index contributed by atoms with van der Waals surface area (Å²) in [5.41, 5.74) is 4.32. The number of aromatic nitrogens is 4. The van der Waals surface area contributed by atoms with Crippen LogP contribution in [0.2, 0.25) is 0 Å². The average Bonchev–Trinajstić information content (AvgIpc) is 3.73. The van der Waals surface area contributed by atoms with Crippen molar-refractivity contribution >= 4 is 35.3 Å². The third-order valence-corrected chi connectivity index (χ3v) is 8.09. The van der Waals surface area contributed by atoms with Crippen LogP contribution < -0.4 is 20.7 Å². The van der Waals surface area contributed by atoms with E-state index in [1.807, 2.05) is 54.6 Å². The Morgan fingerprint density at radius 2 is 1.85 bits per heavy atom. The number of hydrogen-bond acceptors (Lipinski definition) is 10. The molecule has 3 aromatic carbocycles. The standard InChI is InChI=1S/C32H30N8O5.C2HF3O2/c1-3-27(41)34-22-11-9-20(10-12-22)29(30-36-37-38-40(30)23-5-4-6-24(16-23)45-2)33-17-19-7-8-21-18-39(32(44)25(21)15-19)26-13-14-28(42)35-31(26)43;3-2(4,5)1(6)7/h3-12,15-16,26,29,33H,1,13-14,17-18H2,2H3,(H,34,41)(H,35,42,43);(H,6,7). The summed E-state index contributed by atoms with van der Waals surface area (Å²) in [7, 11) is 1.59. The second-order valence-electron chi connectivity index (χ2n) is 11.5. The van der Waals surface area contributed by atoms with E-state index in [4.69, 9.17) is 14.6 Å². The van der Waals surface area contributed by atoms with Crippen molar-refractivity contribution in [3.05, 3.63) is 107 Å². The fraction of sp³-hybridized carbons (Fsp3) is 0.235. The molecule has 15 nitrogen and oxygen atoms in total. The molecule has 0 aliphatic carbocycles. The van der Waals surface area contributed by atoms with Gasteiger partial charge in [0.25, 0.3) is 5.91 Å². The molecule has 0 saturated carbocycles. The molecule has 4 aromatic rings. The first-order valence-electron chi connectivity index (χ1n) is 15.5. The topological polar surface area (TPSA) is 198 Å². The lowest BCUT2D eigenvalue weighted by Gasteiger charge is -2.29. The van der Waals surface area contributed by atoms with Gasteiger partial charge in [-0.1, -0.05) is 36.9 Å². The van der Waals surface area contributed by atoms with Crippen LogP contribution in [0.15, 0.2) is 79.4 Å². The number of benzene rings is 3. The van der Waals surface area contributed by atoms with Crippen LogP contribution in [-0.2, 0) is 32.3 Å². The lowest BCUT2D eigenvalue weighted by molar-refractivity contribution is -0.192. The summed E-state index contributed by atoms with van der Waals surface area (Å²) >= 11 is 0. The van der Waals surface area contributed by atoms with Crippen molar-refractivity contribution in [2.45, 2.75) is 44.2 Å². The molecule has 3 heterocycles. The molecule has 0 radical (unpaired) electrons. The summed E-state index contributed by atoms with van der Waals surface area (Å²) < 4.78 is 38.8. The number of carbonyl (C=O) groups excluding carboxylic acids is 4. The zero-order valence-corrected chi connectivity index (χ0v) is 27.4. The fourth-order valence-corrected chi connectivity index (χ4v) is 5.54. The number of nitrogens with one attached hydrogen (secondary N) is 3. The van der Waals surface area contributed by atoms with Gasteiger partial charge in [0.2, 0.25) is 17.7 Å². The van der Waals surface area contributed by atoms with Crippen molar-refractivity contribution in [1.82, 2.24) is 35.7 Å². The minimum atomic E-state index is -5.08. The van der Waals surface area contributed by atoms with E-state index >= 15 is 0 Å². The molecular weight excluding hydrogens is 689 g/mol. The van der Waals surface area contributed by atoms with E-state index in [1.54, 1.807) is 23.9 Å². The van der Waals surface area contributed by atoms with Crippen LogP contribution in [0.3, 0.4) is 0 Å². The number of carbonyl (C=O) groups is 5. The predicted octanol–water partition coefficient (Wildman–Crippen LogP) is 3.07. The summed E-state index contributed by atoms with van der Waals surface area (Å²) in [4.78, 5) is 59.7. The number of ether oxygens (including phenoxy) is 1. The Morgan fingerprint density at radius 1 is 1.12 bits per heavy atom. The van der Waals surface area contributed by atoms with E-state index in [9.17, 15) is 32.3 Å². The maximum Gasteiger partial charge on any atom is 0.490 e. The van der Waals surface area contributed by atoms with Crippen LogP contribution >= 0.6 is 0 Å². The third-order valence-electron chi connectivity index (χ3n) is 8.09. The van der Waals surface area contributed by atoms with Gasteiger partial charge in [0, 0.05) is 36.8 Å². The number of fused-ring (bicyclic) bond motifs is 1. The Labute approximate surface area is 293 Å². The van der Waals surface area contributed by atoms with E-state index in [1.165, 1.54) is 11.0 Å². The SMILES string of the molecule is C=CC(=O)Nc1ccc(C(NCc2ccc3c(c2)C(=O)N(C2CCC(=O)NC2=O)C3)c2nnnn2-c2cccc(OC)c2)cc1.O=C(O)C(F)(F)F. The Balaban J connectivity index is 0.000000679. The normalized spacial score (nSPS) is 15.9. The van der Waals surface area contributed by atoms with Crippen molar-refractivity contribution in [3.8, 4) is 11.4 Å². The van der Waals surface area contributed by atoms with Gasteiger partial charge in [-0.25, -0.2) is 4.79 Å². The lowest BCUT2D eigenvalue weighted by atomic mass is 10.0. The highest BCUT2D eigenvalue weighted by Crippen LogP contribution is 2.30. The summed E-state index contributed by atoms with van der Waals surface area (Å²) in [6.45, 7) is 4.15. The smallest absolute Gasteiger partial charge is 0.490 e. The summed E-state index contributed by atoms with van der Waals surface area (Å²) in [5.74, 6) is -2.92.